The Morgan fingerprint density at radius 3 is 2.70 bits per heavy atom. The van der Waals surface area contributed by atoms with Crippen molar-refractivity contribution in [2.75, 3.05) is 11.9 Å². The number of fused-ring (bicyclic) bond motifs is 1. The van der Waals surface area contributed by atoms with Gasteiger partial charge in [0.2, 0.25) is 0 Å². The van der Waals surface area contributed by atoms with Gasteiger partial charge in [0.05, 0.1) is 17.8 Å². The van der Waals surface area contributed by atoms with E-state index in [2.05, 4.69) is 44.3 Å². The van der Waals surface area contributed by atoms with Gasteiger partial charge >= 0.3 is 0 Å². The van der Waals surface area contributed by atoms with Gasteiger partial charge in [-0.2, -0.15) is 0 Å². The highest BCUT2D eigenvalue weighted by Gasteiger charge is 2.15. The number of nitrogens with zero attached hydrogens (tertiary/aromatic N) is 4. The van der Waals surface area contributed by atoms with Crippen LogP contribution in [0.25, 0.3) is 10.9 Å². The summed E-state index contributed by atoms with van der Waals surface area (Å²) in [5.74, 6) is 3.03. The molecule has 1 aliphatic heterocycles. The minimum atomic E-state index is 0.221. The summed E-state index contributed by atoms with van der Waals surface area (Å²) in [4.78, 5) is 17.7. The van der Waals surface area contributed by atoms with E-state index in [0.717, 1.165) is 50.9 Å². The molecule has 2 aromatic heterocycles. The Hall–Kier alpha value is -4.00. The zero-order valence-electron chi connectivity index (χ0n) is 18.9. The summed E-state index contributed by atoms with van der Waals surface area (Å²) in [7, 11) is 0. The molecule has 0 unspecified atom stereocenters. The number of benzene rings is 2. The van der Waals surface area contributed by atoms with Crippen LogP contribution >= 0.6 is 0 Å². The minimum Gasteiger partial charge on any atom is -0.478 e. The third kappa shape index (κ3) is 4.77. The number of rotatable bonds is 6. The number of anilines is 2. The normalized spacial score (nSPS) is 15.2. The number of pyridine rings is 1. The second kappa shape index (κ2) is 8.86. The van der Waals surface area contributed by atoms with Crippen LogP contribution in [0.1, 0.15) is 23.7 Å². The summed E-state index contributed by atoms with van der Waals surface area (Å²) in [5, 5.41) is 4.38. The number of ether oxygens (including phenoxy) is 2. The minimum absolute atomic E-state index is 0.221. The van der Waals surface area contributed by atoms with Crippen molar-refractivity contribution in [2.24, 2.45) is 4.99 Å². The van der Waals surface area contributed by atoms with Crippen molar-refractivity contribution in [3.63, 3.8) is 0 Å². The van der Waals surface area contributed by atoms with Gasteiger partial charge in [0, 0.05) is 23.2 Å². The molecule has 3 heterocycles. The maximum Gasteiger partial charge on any atom is 0.188 e. The van der Waals surface area contributed by atoms with Crippen LogP contribution in [0.3, 0.4) is 0 Å². The lowest BCUT2D eigenvalue weighted by atomic mass is 10.1. The zero-order valence-corrected chi connectivity index (χ0v) is 18.9. The molecule has 166 valence electrons. The Balaban J connectivity index is 1.38. The van der Waals surface area contributed by atoms with Gasteiger partial charge in [0.25, 0.3) is 0 Å². The summed E-state index contributed by atoms with van der Waals surface area (Å²) < 4.78 is 11.7. The Labute approximate surface area is 192 Å². The van der Waals surface area contributed by atoms with Gasteiger partial charge in [-0.15, -0.1) is 0 Å². The quantitative estimate of drug-likeness (QED) is 0.425. The van der Waals surface area contributed by atoms with Crippen molar-refractivity contribution < 1.29 is 9.47 Å². The van der Waals surface area contributed by atoms with Gasteiger partial charge in [-0.25, -0.2) is 15.0 Å². The number of aromatic nitrogens is 3. The fourth-order valence-corrected chi connectivity index (χ4v) is 3.74. The van der Waals surface area contributed by atoms with E-state index in [-0.39, 0.29) is 6.04 Å². The van der Waals surface area contributed by atoms with Crippen molar-refractivity contribution in [3.8, 4) is 11.5 Å². The largest absolute Gasteiger partial charge is 0.478 e. The maximum absolute atomic E-state index is 5.99. The maximum atomic E-state index is 5.99. The Morgan fingerprint density at radius 1 is 1.03 bits per heavy atom. The first kappa shape index (κ1) is 20.9. The highest BCUT2D eigenvalue weighted by molar-refractivity contribution is 5.92. The van der Waals surface area contributed by atoms with Crippen molar-refractivity contribution in [3.05, 3.63) is 77.9 Å². The average Bonchev–Trinajstić information content (AvgIpc) is 3.22. The van der Waals surface area contributed by atoms with Crippen LogP contribution < -0.4 is 10.1 Å². The predicted molar refractivity (Wildman–Crippen MR) is 130 cm³/mol. The highest BCUT2D eigenvalue weighted by Crippen LogP contribution is 2.30. The highest BCUT2D eigenvalue weighted by atomic mass is 16.5. The number of hydrogen-bond donors (Lipinski definition) is 1. The molecule has 33 heavy (non-hydrogen) atoms. The molecule has 0 fully saturated rings. The third-order valence-corrected chi connectivity index (χ3v) is 5.46. The van der Waals surface area contributed by atoms with E-state index in [1.54, 1.807) is 12.5 Å². The van der Waals surface area contributed by atoms with Crippen LogP contribution in [0.2, 0.25) is 0 Å². The summed E-state index contributed by atoms with van der Waals surface area (Å²) in [6, 6.07) is 16.2. The molecule has 4 aromatic rings. The summed E-state index contributed by atoms with van der Waals surface area (Å²) in [5.41, 5.74) is 4.87. The molecule has 0 bridgehead atoms. The van der Waals surface area contributed by atoms with Crippen LogP contribution in [0.5, 0.6) is 11.5 Å². The Kier molecular flexibility index (Phi) is 5.60. The van der Waals surface area contributed by atoms with Gasteiger partial charge < -0.3 is 14.8 Å². The van der Waals surface area contributed by atoms with Crippen molar-refractivity contribution in [1.82, 2.24) is 15.0 Å². The molecule has 7 heteroatoms. The zero-order chi connectivity index (χ0) is 22.8. The lowest BCUT2D eigenvalue weighted by Gasteiger charge is -2.13. The predicted octanol–water partition coefficient (Wildman–Crippen LogP) is 5.54. The fourth-order valence-electron chi connectivity index (χ4n) is 3.74. The van der Waals surface area contributed by atoms with E-state index in [9.17, 15) is 0 Å². The molecule has 1 aliphatic rings. The first-order chi connectivity index (χ1) is 16.0. The van der Waals surface area contributed by atoms with Gasteiger partial charge in [-0.05, 0) is 74.4 Å². The standard InChI is InChI=1S/C26H25N5O2/c1-16-10-20(6-9-24(16)33-21-7-4-17(2)27-13-21)31-26-22-11-19(5-8-23(22)28-15-29-26)12-25-30-18(3)14-32-25/h4-11,13,15,18H,12,14H2,1-3H3,(H,28,29,31)/t18-/m0/s1. The lowest BCUT2D eigenvalue weighted by Crippen LogP contribution is -2.04. The topological polar surface area (TPSA) is 81.5 Å². The fraction of sp³-hybridized carbons (Fsp3) is 0.231. The lowest BCUT2D eigenvalue weighted by molar-refractivity contribution is 0.318. The molecule has 1 atom stereocenters. The van der Waals surface area contributed by atoms with Crippen molar-refractivity contribution >= 4 is 28.3 Å². The van der Waals surface area contributed by atoms with Crippen LogP contribution in [0.4, 0.5) is 11.5 Å². The van der Waals surface area contributed by atoms with Crippen LogP contribution in [-0.2, 0) is 11.2 Å². The van der Waals surface area contributed by atoms with E-state index in [1.807, 2.05) is 50.2 Å². The van der Waals surface area contributed by atoms with Gasteiger partial charge in [-0.3, -0.25) is 4.98 Å². The molecule has 0 saturated carbocycles. The van der Waals surface area contributed by atoms with Crippen LogP contribution in [0, 0.1) is 13.8 Å². The molecule has 7 nitrogen and oxygen atoms in total. The molecular weight excluding hydrogens is 414 g/mol. The van der Waals surface area contributed by atoms with Crippen molar-refractivity contribution in [1.29, 1.82) is 0 Å². The molecule has 1 N–H and O–H groups in total. The second-order valence-corrected chi connectivity index (χ2v) is 8.28. The van der Waals surface area contributed by atoms with Gasteiger partial charge in [0.15, 0.2) is 5.90 Å². The molecule has 0 amide bonds. The molecule has 0 aliphatic carbocycles. The molecule has 0 radical (unpaired) electrons. The van der Waals surface area contributed by atoms with E-state index in [4.69, 9.17) is 9.47 Å². The summed E-state index contributed by atoms with van der Waals surface area (Å²) in [6.45, 7) is 6.67. The van der Waals surface area contributed by atoms with E-state index >= 15 is 0 Å². The Morgan fingerprint density at radius 2 is 1.94 bits per heavy atom. The van der Waals surface area contributed by atoms with E-state index in [1.165, 1.54) is 0 Å². The smallest absolute Gasteiger partial charge is 0.188 e. The number of aliphatic imine (C=N–C) groups is 1. The molecule has 0 saturated heterocycles. The number of aryl methyl sites for hydroxylation is 2. The molecular formula is C26H25N5O2. The average molecular weight is 440 g/mol. The summed E-state index contributed by atoms with van der Waals surface area (Å²) >= 11 is 0. The van der Waals surface area contributed by atoms with Crippen LogP contribution in [0.15, 0.2) is 66.0 Å². The molecule has 5 rings (SSSR count). The van der Waals surface area contributed by atoms with E-state index < -0.39 is 0 Å². The first-order valence-corrected chi connectivity index (χ1v) is 10.9. The number of nitrogens with one attached hydrogen (secondary N) is 1. The van der Waals surface area contributed by atoms with Crippen LogP contribution in [-0.4, -0.2) is 33.5 Å². The second-order valence-electron chi connectivity index (χ2n) is 8.28. The van der Waals surface area contributed by atoms with E-state index in [0.29, 0.717) is 18.8 Å². The van der Waals surface area contributed by atoms with Gasteiger partial charge in [0.1, 0.15) is 30.3 Å². The first-order valence-electron chi connectivity index (χ1n) is 10.9. The van der Waals surface area contributed by atoms with Crippen molar-refractivity contribution in [2.45, 2.75) is 33.2 Å². The SMILES string of the molecule is Cc1ccc(Oc2ccc(Nc3ncnc4ccc(CC5=N[C@@H](C)CO5)cc34)cc2C)cn1. The summed E-state index contributed by atoms with van der Waals surface area (Å²) in [6.07, 6.45) is 3.97. The third-order valence-electron chi connectivity index (χ3n) is 5.46. The monoisotopic (exact) mass is 439 g/mol. The van der Waals surface area contributed by atoms with Gasteiger partial charge in [-0.1, -0.05) is 6.07 Å². The Bertz CT molecular complexity index is 1330. The molecule has 0 spiro atoms. The number of hydrogen-bond acceptors (Lipinski definition) is 7. The molecule has 2 aromatic carbocycles.